The molecule has 2 heterocycles. The summed E-state index contributed by atoms with van der Waals surface area (Å²) in [6, 6.07) is 10.8. The van der Waals surface area contributed by atoms with Crippen LogP contribution in [0.2, 0.25) is 0 Å². The molecule has 1 aromatic carbocycles. The Morgan fingerprint density at radius 1 is 1.29 bits per heavy atom. The molecule has 106 valence electrons. The van der Waals surface area contributed by atoms with Crippen molar-refractivity contribution in [2.45, 2.75) is 6.42 Å². The van der Waals surface area contributed by atoms with Crippen LogP contribution in [0, 0.1) is 0 Å². The fourth-order valence-electron chi connectivity index (χ4n) is 2.13. The number of nitrogens with two attached hydrogens (primary N) is 1. The zero-order valence-electron chi connectivity index (χ0n) is 11.4. The highest BCUT2D eigenvalue weighted by atomic mass is 16.3. The van der Waals surface area contributed by atoms with Gasteiger partial charge in [-0.1, -0.05) is 6.07 Å². The summed E-state index contributed by atoms with van der Waals surface area (Å²) in [6.45, 7) is 0.531. The molecule has 0 saturated carbocycles. The first-order valence-corrected chi connectivity index (χ1v) is 6.68. The first-order valence-electron chi connectivity index (χ1n) is 6.68. The molecular weight excluding hydrogens is 266 g/mol. The lowest BCUT2D eigenvalue weighted by molar-refractivity contribution is 0.0928. The third-order valence-corrected chi connectivity index (χ3v) is 3.19. The molecule has 0 unspecified atom stereocenters. The van der Waals surface area contributed by atoms with Gasteiger partial charge in [0.15, 0.2) is 5.76 Å². The second-order valence-electron chi connectivity index (χ2n) is 4.78. The lowest BCUT2D eigenvalue weighted by Gasteiger charge is -2.02. The number of hydrogen-bond acceptors (Lipinski definition) is 4. The monoisotopic (exact) mass is 281 g/mol. The molecule has 0 bridgehead atoms. The fraction of sp³-hybridized carbons (Fsp3) is 0.125. The van der Waals surface area contributed by atoms with E-state index in [1.807, 2.05) is 12.1 Å². The van der Waals surface area contributed by atoms with E-state index in [1.165, 1.54) is 0 Å². The van der Waals surface area contributed by atoms with Crippen molar-refractivity contribution in [1.29, 1.82) is 0 Å². The molecule has 5 nitrogen and oxygen atoms in total. The standard InChI is InChI=1S/C16H15N3O2/c17-13-3-4-14-12(8-13)9-15(21-14)16(20)19-7-5-11-2-1-6-18-10-11/h1-4,6,8-10H,5,7,17H2,(H,19,20). The molecule has 0 radical (unpaired) electrons. The zero-order chi connectivity index (χ0) is 14.7. The number of nitrogen functional groups attached to an aromatic ring is 1. The molecular formula is C16H15N3O2. The van der Waals surface area contributed by atoms with Gasteiger partial charge in [-0.15, -0.1) is 0 Å². The number of nitrogens with one attached hydrogen (secondary N) is 1. The Hall–Kier alpha value is -2.82. The Balaban J connectivity index is 1.64. The number of hydrogen-bond donors (Lipinski definition) is 2. The van der Waals surface area contributed by atoms with E-state index >= 15 is 0 Å². The molecule has 3 aromatic rings. The molecule has 21 heavy (non-hydrogen) atoms. The van der Waals surface area contributed by atoms with E-state index in [4.69, 9.17) is 10.2 Å². The second-order valence-corrected chi connectivity index (χ2v) is 4.78. The van der Waals surface area contributed by atoms with Gasteiger partial charge < -0.3 is 15.5 Å². The summed E-state index contributed by atoms with van der Waals surface area (Å²) < 4.78 is 5.51. The van der Waals surface area contributed by atoms with Crippen molar-refractivity contribution in [1.82, 2.24) is 10.3 Å². The third kappa shape index (κ3) is 3.02. The summed E-state index contributed by atoms with van der Waals surface area (Å²) in [5.41, 5.74) is 8.08. The molecule has 5 heteroatoms. The average molecular weight is 281 g/mol. The number of nitrogens with zero attached hydrogens (tertiary/aromatic N) is 1. The van der Waals surface area contributed by atoms with E-state index in [0.29, 0.717) is 23.6 Å². The summed E-state index contributed by atoms with van der Waals surface area (Å²) in [5, 5.41) is 3.66. The second kappa shape index (κ2) is 5.66. The van der Waals surface area contributed by atoms with Crippen LogP contribution in [0.3, 0.4) is 0 Å². The molecule has 3 N–H and O–H groups in total. The van der Waals surface area contributed by atoms with Crippen molar-refractivity contribution in [3.05, 3.63) is 60.1 Å². The van der Waals surface area contributed by atoms with Crippen LogP contribution in [0.1, 0.15) is 16.1 Å². The van der Waals surface area contributed by atoms with Crippen LogP contribution in [0.5, 0.6) is 0 Å². The number of aromatic nitrogens is 1. The van der Waals surface area contributed by atoms with Crippen molar-refractivity contribution in [2.24, 2.45) is 0 Å². The summed E-state index contributed by atoms with van der Waals surface area (Å²) in [4.78, 5) is 16.1. The zero-order valence-corrected chi connectivity index (χ0v) is 11.4. The Bertz CT molecular complexity index is 766. The van der Waals surface area contributed by atoms with Crippen LogP contribution in [-0.4, -0.2) is 17.4 Å². The Morgan fingerprint density at radius 3 is 3.00 bits per heavy atom. The van der Waals surface area contributed by atoms with Gasteiger partial charge in [0.2, 0.25) is 0 Å². The van der Waals surface area contributed by atoms with Gasteiger partial charge in [0.1, 0.15) is 5.58 Å². The SMILES string of the molecule is Nc1ccc2oc(C(=O)NCCc3cccnc3)cc2c1. The van der Waals surface area contributed by atoms with Crippen molar-refractivity contribution in [3.8, 4) is 0 Å². The van der Waals surface area contributed by atoms with E-state index in [-0.39, 0.29) is 5.91 Å². The number of amides is 1. The minimum Gasteiger partial charge on any atom is -0.451 e. The number of furan rings is 1. The third-order valence-electron chi connectivity index (χ3n) is 3.19. The summed E-state index contributed by atoms with van der Waals surface area (Å²) >= 11 is 0. The molecule has 1 amide bonds. The van der Waals surface area contributed by atoms with Gasteiger partial charge in [-0.25, -0.2) is 0 Å². The smallest absolute Gasteiger partial charge is 0.287 e. The lowest BCUT2D eigenvalue weighted by atomic mass is 10.2. The van der Waals surface area contributed by atoms with Gasteiger partial charge in [-0.2, -0.15) is 0 Å². The molecule has 0 aliphatic carbocycles. The summed E-state index contributed by atoms with van der Waals surface area (Å²) in [5.74, 6) is 0.0652. The van der Waals surface area contributed by atoms with E-state index in [9.17, 15) is 4.79 Å². The van der Waals surface area contributed by atoms with E-state index in [1.54, 1.807) is 36.7 Å². The van der Waals surface area contributed by atoms with E-state index < -0.39 is 0 Å². The van der Waals surface area contributed by atoms with Crippen LogP contribution in [0.15, 0.2) is 53.2 Å². The van der Waals surface area contributed by atoms with Gasteiger partial charge in [0, 0.05) is 30.0 Å². The normalized spacial score (nSPS) is 10.7. The van der Waals surface area contributed by atoms with Gasteiger partial charge in [0.25, 0.3) is 5.91 Å². The van der Waals surface area contributed by atoms with Gasteiger partial charge in [-0.05, 0) is 42.3 Å². The molecule has 0 aliphatic rings. The number of rotatable bonds is 4. The van der Waals surface area contributed by atoms with Gasteiger partial charge >= 0.3 is 0 Å². The number of fused-ring (bicyclic) bond motifs is 1. The highest BCUT2D eigenvalue weighted by Gasteiger charge is 2.11. The minimum absolute atomic E-state index is 0.228. The van der Waals surface area contributed by atoms with Crippen molar-refractivity contribution in [3.63, 3.8) is 0 Å². The Labute approximate surface area is 121 Å². The van der Waals surface area contributed by atoms with Crippen LogP contribution >= 0.6 is 0 Å². The lowest BCUT2D eigenvalue weighted by Crippen LogP contribution is -2.25. The topological polar surface area (TPSA) is 81.1 Å². The van der Waals surface area contributed by atoms with Crippen LogP contribution in [0.4, 0.5) is 5.69 Å². The molecule has 0 fully saturated rings. The maximum absolute atomic E-state index is 12.0. The maximum atomic E-state index is 12.0. The number of benzene rings is 1. The van der Waals surface area contributed by atoms with Crippen LogP contribution in [0.25, 0.3) is 11.0 Å². The molecule has 0 aliphatic heterocycles. The number of pyridine rings is 1. The molecule has 0 atom stereocenters. The van der Waals surface area contributed by atoms with E-state index in [2.05, 4.69) is 10.3 Å². The molecule has 3 rings (SSSR count). The Kier molecular flexibility index (Phi) is 3.55. The molecule has 2 aromatic heterocycles. The predicted octanol–water partition coefficient (Wildman–Crippen LogP) is 2.38. The first kappa shape index (κ1) is 13.2. The van der Waals surface area contributed by atoms with Crippen molar-refractivity contribution >= 4 is 22.6 Å². The van der Waals surface area contributed by atoms with Crippen LogP contribution < -0.4 is 11.1 Å². The molecule has 0 spiro atoms. The maximum Gasteiger partial charge on any atom is 0.287 e. The fourth-order valence-corrected chi connectivity index (χ4v) is 2.13. The number of anilines is 1. The van der Waals surface area contributed by atoms with Gasteiger partial charge in [-0.3, -0.25) is 9.78 Å². The minimum atomic E-state index is -0.228. The summed E-state index contributed by atoms with van der Waals surface area (Å²) in [6.07, 6.45) is 4.24. The predicted molar refractivity (Wildman–Crippen MR) is 80.9 cm³/mol. The molecule has 0 saturated heterocycles. The van der Waals surface area contributed by atoms with Crippen molar-refractivity contribution in [2.75, 3.05) is 12.3 Å². The highest BCUT2D eigenvalue weighted by molar-refractivity contribution is 5.96. The largest absolute Gasteiger partial charge is 0.451 e. The quantitative estimate of drug-likeness (QED) is 0.719. The average Bonchev–Trinajstić information content (AvgIpc) is 2.91. The highest BCUT2D eigenvalue weighted by Crippen LogP contribution is 2.21. The number of carbonyl (C=O) groups excluding carboxylic acids is 1. The van der Waals surface area contributed by atoms with E-state index in [0.717, 1.165) is 17.4 Å². The Morgan fingerprint density at radius 2 is 2.19 bits per heavy atom. The number of carbonyl (C=O) groups is 1. The first-order chi connectivity index (χ1) is 10.2. The van der Waals surface area contributed by atoms with Crippen molar-refractivity contribution < 1.29 is 9.21 Å². The van der Waals surface area contributed by atoms with Gasteiger partial charge in [0.05, 0.1) is 0 Å². The summed E-state index contributed by atoms with van der Waals surface area (Å²) in [7, 11) is 0. The van der Waals surface area contributed by atoms with Crippen LogP contribution in [-0.2, 0) is 6.42 Å².